The van der Waals surface area contributed by atoms with Crippen LogP contribution < -0.4 is 10.2 Å². The van der Waals surface area contributed by atoms with E-state index in [1.807, 2.05) is 32.0 Å². The molecule has 1 aliphatic rings. The zero-order chi connectivity index (χ0) is 32.6. The van der Waals surface area contributed by atoms with Gasteiger partial charge in [0.25, 0.3) is 0 Å². The number of benzene rings is 3. The number of amides is 3. The fourth-order valence-electron chi connectivity index (χ4n) is 4.58. The van der Waals surface area contributed by atoms with Crippen LogP contribution in [0.1, 0.15) is 23.6 Å². The molecule has 8 nitrogen and oxygen atoms in total. The van der Waals surface area contributed by atoms with E-state index in [9.17, 15) is 29.0 Å². The summed E-state index contributed by atoms with van der Waals surface area (Å²) in [4.78, 5) is 33.7. The second-order valence-electron chi connectivity index (χ2n) is 10.3. The van der Waals surface area contributed by atoms with Gasteiger partial charge in [-0.2, -0.15) is 4.99 Å². The second kappa shape index (κ2) is 11.3. The number of carbonyl (C=O) groups excluding carboxylic acids is 2. The normalized spacial score (nSPS) is 16.1. The lowest BCUT2D eigenvalue weighted by Gasteiger charge is -2.40. The van der Waals surface area contributed by atoms with Crippen molar-refractivity contribution in [2.45, 2.75) is 32.3 Å². The third-order valence-electron chi connectivity index (χ3n) is 6.83. The highest BCUT2D eigenvalue weighted by atomic mass is 32.5. The summed E-state index contributed by atoms with van der Waals surface area (Å²) in [7, 11) is -9.77. The van der Waals surface area contributed by atoms with Gasteiger partial charge >= 0.3 is 16.3 Å². The van der Waals surface area contributed by atoms with E-state index in [1.165, 1.54) is 15.8 Å². The quantitative estimate of drug-likeness (QED) is 0.190. The molecule has 0 atom stereocenters. The van der Waals surface area contributed by atoms with Crippen LogP contribution in [0.4, 0.5) is 35.6 Å². The Kier molecular flexibility index (Phi) is 8.08. The molecule has 0 radical (unpaired) electrons. The van der Waals surface area contributed by atoms with Crippen LogP contribution in [-0.2, 0) is 16.1 Å². The van der Waals surface area contributed by atoms with Gasteiger partial charge in [0, 0.05) is 35.3 Å². The monoisotopic (exact) mass is 665 g/mol. The third kappa shape index (κ3) is 7.37. The number of hydrogen-bond acceptors (Lipinski definition) is 5. The lowest BCUT2D eigenvalue weighted by molar-refractivity contribution is -0.115. The minimum Gasteiger partial charge on any atom is -0.377 e. The van der Waals surface area contributed by atoms with Crippen LogP contribution in [-0.4, -0.2) is 39.0 Å². The molecule has 0 bridgehead atoms. The number of halogens is 5. The highest BCUT2D eigenvalue weighted by Gasteiger charge is 2.65. The summed E-state index contributed by atoms with van der Waals surface area (Å²) in [5, 5.41) is 2.98. The molecule has 1 aliphatic heterocycles. The number of anilines is 2. The van der Waals surface area contributed by atoms with E-state index in [0.717, 1.165) is 35.0 Å². The SMILES string of the molecule is CCOCc1ccc(C)cc1N1C(=O)CS/C1=N\C(=O)Nc1ccc(-c2cn(-c3ccc(S(F)(F)(F)(F)F)cc3)cn2)cc1C. The first kappa shape index (κ1) is 32.2. The van der Waals surface area contributed by atoms with Gasteiger partial charge in [0.05, 0.1) is 30.1 Å². The molecule has 1 saturated heterocycles. The number of carbonyl (C=O) groups is 2. The highest BCUT2D eigenvalue weighted by molar-refractivity contribution is 8.45. The maximum absolute atomic E-state index is 13.1. The Morgan fingerprint density at radius 3 is 2.44 bits per heavy atom. The van der Waals surface area contributed by atoms with E-state index in [-0.39, 0.29) is 22.5 Å². The number of imidazole rings is 1. The summed E-state index contributed by atoms with van der Waals surface area (Å²) in [5.74, 6) is -0.0697. The fraction of sp³-hybridized carbons (Fsp3) is 0.200. The maximum atomic E-state index is 13.1. The van der Waals surface area contributed by atoms with Crippen molar-refractivity contribution >= 4 is 50.5 Å². The molecule has 15 heteroatoms. The summed E-state index contributed by atoms with van der Waals surface area (Å²) in [6.07, 6.45) is 2.90. The summed E-state index contributed by atoms with van der Waals surface area (Å²) >= 11 is 1.16. The largest absolute Gasteiger partial charge is 0.377 e. The summed E-state index contributed by atoms with van der Waals surface area (Å²) in [5.41, 5.74) is 4.79. The lowest BCUT2D eigenvalue weighted by atomic mass is 10.1. The molecule has 2 heterocycles. The first-order valence-electron chi connectivity index (χ1n) is 13.5. The van der Waals surface area contributed by atoms with Crippen LogP contribution in [0.15, 0.2) is 83.1 Å². The maximum Gasteiger partial charge on any atom is 0.347 e. The number of thioether (sulfide) groups is 1. The molecule has 45 heavy (non-hydrogen) atoms. The van der Waals surface area contributed by atoms with Crippen molar-refractivity contribution < 1.29 is 33.8 Å². The molecule has 1 fully saturated rings. The predicted octanol–water partition coefficient (Wildman–Crippen LogP) is 9.02. The molecule has 0 spiro atoms. The number of aliphatic imine (C=N–C) groups is 1. The van der Waals surface area contributed by atoms with Gasteiger partial charge in [-0.25, -0.2) is 9.78 Å². The molecule has 3 amide bonds. The van der Waals surface area contributed by atoms with Crippen molar-refractivity contribution in [1.29, 1.82) is 0 Å². The predicted molar refractivity (Wildman–Crippen MR) is 168 cm³/mol. The van der Waals surface area contributed by atoms with E-state index in [1.54, 1.807) is 31.3 Å². The number of hydrogen-bond donors (Lipinski definition) is 1. The zero-order valence-electron chi connectivity index (χ0n) is 24.3. The summed E-state index contributed by atoms with van der Waals surface area (Å²) in [6.45, 7) is 6.34. The van der Waals surface area contributed by atoms with E-state index in [2.05, 4.69) is 15.3 Å². The van der Waals surface area contributed by atoms with E-state index >= 15 is 0 Å². The number of urea groups is 1. The Labute approximate surface area is 260 Å². The van der Waals surface area contributed by atoms with Crippen molar-refractivity contribution in [2.24, 2.45) is 4.99 Å². The number of ether oxygens (including phenoxy) is 1. The van der Waals surface area contributed by atoms with Crippen molar-refractivity contribution in [2.75, 3.05) is 22.6 Å². The van der Waals surface area contributed by atoms with Crippen LogP contribution in [0.2, 0.25) is 0 Å². The van der Waals surface area contributed by atoms with Gasteiger partial charge in [-0.3, -0.25) is 9.69 Å². The molecule has 5 rings (SSSR count). The number of amidine groups is 1. The van der Waals surface area contributed by atoms with Crippen molar-refractivity contribution in [3.05, 3.63) is 89.9 Å². The summed E-state index contributed by atoms with van der Waals surface area (Å²) in [6, 6.07) is 12.7. The number of nitrogens with one attached hydrogen (secondary N) is 1. The molecule has 0 aliphatic carbocycles. The average Bonchev–Trinajstić information content (AvgIpc) is 3.59. The number of aryl methyl sites for hydroxylation is 2. The zero-order valence-corrected chi connectivity index (χ0v) is 25.9. The van der Waals surface area contributed by atoms with Gasteiger partial charge in [0.2, 0.25) is 5.91 Å². The minimum atomic E-state index is -9.77. The standard InChI is InChI=1S/C30H28F5N5O3S2/c1-4-43-16-22-6-5-19(2)13-27(22)40-28(41)17-44-30(40)38-29(42)37-25-12-7-21(14-20(25)3)26-15-39(18-36-26)23-8-10-24(11-9-23)45(31,32,33,34)35/h5-15,18H,4,16-17H2,1-3H3,(H,37,42)/b38-30-. The van der Waals surface area contributed by atoms with Gasteiger partial charge in [0.15, 0.2) is 5.17 Å². The molecule has 3 aromatic carbocycles. The Balaban J connectivity index is 1.32. The van der Waals surface area contributed by atoms with Crippen molar-refractivity contribution in [1.82, 2.24) is 9.55 Å². The Morgan fingerprint density at radius 1 is 1.04 bits per heavy atom. The van der Waals surface area contributed by atoms with E-state index < -0.39 is 21.2 Å². The molecule has 4 aromatic rings. The molecule has 0 unspecified atom stereocenters. The van der Waals surface area contributed by atoms with Crippen LogP contribution in [0.5, 0.6) is 0 Å². The number of rotatable bonds is 8. The Morgan fingerprint density at radius 2 is 1.78 bits per heavy atom. The molecule has 238 valence electrons. The molecular formula is C30H28F5N5O3S2. The number of aromatic nitrogens is 2. The first-order chi connectivity index (χ1) is 21.0. The van der Waals surface area contributed by atoms with Gasteiger partial charge in [-0.1, -0.05) is 49.4 Å². The van der Waals surface area contributed by atoms with Gasteiger partial charge in [-0.05, 0) is 74.4 Å². The molecule has 0 saturated carbocycles. The first-order valence-corrected chi connectivity index (χ1v) is 16.5. The van der Waals surface area contributed by atoms with Gasteiger partial charge in [-0.15, -0.1) is 0 Å². The van der Waals surface area contributed by atoms with Crippen molar-refractivity contribution in [3.63, 3.8) is 0 Å². The van der Waals surface area contributed by atoms with Crippen LogP contribution >= 0.6 is 22.0 Å². The molecular weight excluding hydrogens is 637 g/mol. The highest BCUT2D eigenvalue weighted by Crippen LogP contribution is 3.02. The molecule has 1 aromatic heterocycles. The van der Waals surface area contributed by atoms with Crippen LogP contribution in [0.3, 0.4) is 0 Å². The van der Waals surface area contributed by atoms with Gasteiger partial charge < -0.3 is 14.6 Å². The lowest BCUT2D eigenvalue weighted by Crippen LogP contribution is -2.31. The smallest absolute Gasteiger partial charge is 0.347 e. The van der Waals surface area contributed by atoms with E-state index in [4.69, 9.17) is 4.74 Å². The second-order valence-corrected chi connectivity index (χ2v) is 13.6. The van der Waals surface area contributed by atoms with Crippen molar-refractivity contribution in [3.8, 4) is 16.9 Å². The third-order valence-corrected chi connectivity index (χ3v) is 8.92. The van der Waals surface area contributed by atoms with Crippen LogP contribution in [0, 0.1) is 13.8 Å². The minimum absolute atomic E-state index is 0.134. The molecule has 1 N–H and O–H groups in total. The fourth-order valence-corrected chi connectivity index (χ4v) is 6.09. The van der Waals surface area contributed by atoms with E-state index in [0.29, 0.717) is 53.5 Å². The van der Waals surface area contributed by atoms with Crippen LogP contribution in [0.25, 0.3) is 16.9 Å². The number of nitrogens with zero attached hydrogens (tertiary/aromatic N) is 4. The van der Waals surface area contributed by atoms with Gasteiger partial charge in [0.1, 0.15) is 4.90 Å². The summed E-state index contributed by atoms with van der Waals surface area (Å²) < 4.78 is 72.2. The topological polar surface area (TPSA) is 88.8 Å². The average molecular weight is 666 g/mol. The Hall–Kier alpha value is -4.21. The Bertz CT molecular complexity index is 1830.